The molecule has 6 heteroatoms. The summed E-state index contributed by atoms with van der Waals surface area (Å²) >= 11 is 0. The van der Waals surface area contributed by atoms with Crippen LogP contribution in [-0.4, -0.2) is 16.7 Å². The van der Waals surface area contributed by atoms with E-state index >= 15 is 0 Å². The van der Waals surface area contributed by atoms with Crippen LogP contribution >= 0.6 is 0 Å². The summed E-state index contributed by atoms with van der Waals surface area (Å²) in [7, 11) is 1.45. The second-order valence-electron chi connectivity index (χ2n) is 6.17. The largest absolute Gasteiger partial charge is 0.490 e. The number of aryl methyl sites for hydroxylation is 1. The maximum atomic E-state index is 13.2. The van der Waals surface area contributed by atoms with Gasteiger partial charge in [0.15, 0.2) is 0 Å². The van der Waals surface area contributed by atoms with Gasteiger partial charge in [-0.2, -0.15) is 4.98 Å². The zero-order valence-corrected chi connectivity index (χ0v) is 14.9. The van der Waals surface area contributed by atoms with E-state index in [-0.39, 0.29) is 17.5 Å². The molecule has 1 unspecified atom stereocenters. The summed E-state index contributed by atoms with van der Waals surface area (Å²) in [6.07, 6.45) is 7.98. The number of rotatable bonds is 6. The average molecular weight is 355 g/mol. The number of allylic oxidation sites excluding steroid dienone is 4. The molecule has 26 heavy (non-hydrogen) atoms. The van der Waals surface area contributed by atoms with E-state index in [0.29, 0.717) is 18.9 Å². The molecule has 0 amide bonds. The quantitative estimate of drug-likeness (QED) is 0.851. The van der Waals surface area contributed by atoms with E-state index in [0.717, 1.165) is 17.7 Å². The van der Waals surface area contributed by atoms with Gasteiger partial charge in [0.05, 0.1) is 13.3 Å². The highest BCUT2D eigenvalue weighted by atomic mass is 19.1. The van der Waals surface area contributed by atoms with E-state index in [1.165, 1.54) is 13.2 Å². The van der Waals surface area contributed by atoms with Crippen LogP contribution in [0.15, 0.2) is 59.3 Å². The molecular formula is C20H22FN3O2. The van der Waals surface area contributed by atoms with Crippen molar-refractivity contribution in [2.75, 3.05) is 12.4 Å². The van der Waals surface area contributed by atoms with Crippen molar-refractivity contribution in [1.82, 2.24) is 9.55 Å². The molecule has 0 saturated carbocycles. The Balaban J connectivity index is 1.94. The molecule has 1 aliphatic rings. The number of hydrogen-bond acceptors (Lipinski definition) is 4. The first-order chi connectivity index (χ1) is 12.6. The minimum Gasteiger partial charge on any atom is -0.490 e. The number of methoxy groups -OCH3 is 1. The van der Waals surface area contributed by atoms with Crippen molar-refractivity contribution >= 4 is 11.6 Å². The molecule has 1 aromatic heterocycles. The summed E-state index contributed by atoms with van der Waals surface area (Å²) < 4.78 is 20.2. The van der Waals surface area contributed by atoms with Gasteiger partial charge in [0, 0.05) is 12.2 Å². The van der Waals surface area contributed by atoms with Crippen molar-refractivity contribution in [1.29, 1.82) is 0 Å². The van der Waals surface area contributed by atoms with Gasteiger partial charge in [-0.3, -0.25) is 4.79 Å². The number of hydrogen-bond donors (Lipinski definition) is 1. The molecule has 3 rings (SSSR count). The first-order valence-corrected chi connectivity index (χ1v) is 8.65. The second kappa shape index (κ2) is 7.99. The van der Waals surface area contributed by atoms with Crippen LogP contribution < -0.4 is 15.6 Å². The molecule has 0 bridgehead atoms. The number of nitrogens with zero attached hydrogens (tertiary/aromatic N) is 2. The number of nitrogens with one attached hydrogen (secondary N) is 1. The number of aromatic nitrogens is 2. The van der Waals surface area contributed by atoms with E-state index in [2.05, 4.69) is 17.2 Å². The van der Waals surface area contributed by atoms with Crippen molar-refractivity contribution in [3.63, 3.8) is 0 Å². The molecule has 136 valence electrons. The van der Waals surface area contributed by atoms with E-state index < -0.39 is 5.56 Å². The first kappa shape index (κ1) is 17.9. The zero-order chi connectivity index (χ0) is 18.5. The zero-order valence-electron chi connectivity index (χ0n) is 14.9. The molecule has 1 aromatic carbocycles. The van der Waals surface area contributed by atoms with Gasteiger partial charge >= 0.3 is 5.56 Å². The fourth-order valence-corrected chi connectivity index (χ4v) is 2.95. The number of anilines is 2. The summed E-state index contributed by atoms with van der Waals surface area (Å²) in [5, 5.41) is 3.27. The number of halogens is 1. The lowest BCUT2D eigenvalue weighted by Gasteiger charge is -2.20. The molecule has 1 N–H and O–H groups in total. The van der Waals surface area contributed by atoms with Crippen LogP contribution in [0, 0.1) is 5.92 Å². The fourth-order valence-electron chi connectivity index (χ4n) is 2.95. The smallest absolute Gasteiger partial charge is 0.316 e. The van der Waals surface area contributed by atoms with E-state index in [1.54, 1.807) is 12.3 Å². The molecule has 0 aliphatic heterocycles. The Morgan fingerprint density at radius 3 is 2.88 bits per heavy atom. The minimum absolute atomic E-state index is 0.116. The third-order valence-corrected chi connectivity index (χ3v) is 4.40. The fraction of sp³-hybridized carbons (Fsp3) is 0.300. The summed E-state index contributed by atoms with van der Waals surface area (Å²) in [6, 6.07) is 7.90. The van der Waals surface area contributed by atoms with Crippen LogP contribution in [0.3, 0.4) is 0 Å². The lowest BCUT2D eigenvalue weighted by molar-refractivity contribution is 0.398. The Labute approximate surface area is 151 Å². The van der Waals surface area contributed by atoms with Crippen LogP contribution in [0.5, 0.6) is 5.75 Å². The van der Waals surface area contributed by atoms with Gasteiger partial charge < -0.3 is 14.6 Å². The molecule has 1 aliphatic carbocycles. The lowest BCUT2D eigenvalue weighted by atomic mass is 10.0. The minimum atomic E-state index is -0.426. The maximum Gasteiger partial charge on any atom is 0.316 e. The van der Waals surface area contributed by atoms with Gasteiger partial charge in [-0.15, -0.1) is 0 Å². The van der Waals surface area contributed by atoms with Crippen LogP contribution in [0.4, 0.5) is 16.0 Å². The highest BCUT2D eigenvalue weighted by Gasteiger charge is 2.15. The number of para-hydroxylation sites is 1. The van der Waals surface area contributed by atoms with Gasteiger partial charge in [0.1, 0.15) is 5.83 Å². The van der Waals surface area contributed by atoms with Gasteiger partial charge in [0.2, 0.25) is 11.7 Å². The molecule has 0 saturated heterocycles. The van der Waals surface area contributed by atoms with Crippen molar-refractivity contribution in [2.24, 2.45) is 5.92 Å². The Hall–Kier alpha value is -2.89. The van der Waals surface area contributed by atoms with E-state index in [1.807, 2.05) is 34.9 Å². The van der Waals surface area contributed by atoms with E-state index in [9.17, 15) is 9.18 Å². The number of benzene rings is 1. The van der Waals surface area contributed by atoms with Crippen LogP contribution in [0.1, 0.15) is 18.9 Å². The third kappa shape index (κ3) is 4.02. The van der Waals surface area contributed by atoms with Gasteiger partial charge in [0.25, 0.3) is 0 Å². The maximum absolute atomic E-state index is 13.2. The monoisotopic (exact) mass is 355 g/mol. The standard InChI is InChI=1S/C20H22FN3O2/c1-3-15-6-4-5-7-17(15)22-20-23-19(25)18(26-2)13-24(20)12-14-8-10-16(21)11-9-14/h4-8,10-11,13-14H,3,9,12H2,1-2H3,(H,22,23,25). The lowest BCUT2D eigenvalue weighted by Crippen LogP contribution is -2.21. The summed E-state index contributed by atoms with van der Waals surface area (Å²) in [5.41, 5.74) is 1.61. The van der Waals surface area contributed by atoms with Gasteiger partial charge in [-0.05, 0) is 42.5 Å². The molecule has 5 nitrogen and oxygen atoms in total. The number of ether oxygens (including phenoxy) is 1. The summed E-state index contributed by atoms with van der Waals surface area (Å²) in [4.78, 5) is 16.3. The normalized spacial score (nSPS) is 16.3. The highest BCUT2D eigenvalue weighted by molar-refractivity contribution is 5.58. The second-order valence-corrected chi connectivity index (χ2v) is 6.17. The predicted octanol–water partition coefficient (Wildman–Crippen LogP) is 3.99. The topological polar surface area (TPSA) is 56.1 Å². The first-order valence-electron chi connectivity index (χ1n) is 8.65. The Kier molecular flexibility index (Phi) is 5.51. The van der Waals surface area contributed by atoms with Crippen LogP contribution in [0.25, 0.3) is 0 Å². The molecule has 0 radical (unpaired) electrons. The van der Waals surface area contributed by atoms with Crippen LogP contribution in [0.2, 0.25) is 0 Å². The van der Waals surface area contributed by atoms with Gasteiger partial charge in [-0.25, -0.2) is 4.39 Å². The molecule has 2 aromatic rings. The Morgan fingerprint density at radius 2 is 2.19 bits per heavy atom. The molecule has 0 spiro atoms. The van der Waals surface area contributed by atoms with E-state index in [4.69, 9.17) is 4.74 Å². The highest BCUT2D eigenvalue weighted by Crippen LogP contribution is 2.24. The Bertz CT molecular complexity index is 902. The molecular weight excluding hydrogens is 333 g/mol. The Morgan fingerprint density at radius 1 is 1.38 bits per heavy atom. The summed E-state index contributed by atoms with van der Waals surface area (Å²) in [6.45, 7) is 2.63. The van der Waals surface area contributed by atoms with Crippen molar-refractivity contribution in [3.05, 3.63) is 70.4 Å². The third-order valence-electron chi connectivity index (χ3n) is 4.40. The molecule has 1 heterocycles. The SMILES string of the molecule is CCc1ccccc1Nc1nc(=O)c(OC)cn1CC1C=CC(F)=CC1. The van der Waals surface area contributed by atoms with Crippen LogP contribution in [-0.2, 0) is 13.0 Å². The predicted molar refractivity (Wildman–Crippen MR) is 101 cm³/mol. The van der Waals surface area contributed by atoms with Crippen molar-refractivity contribution < 1.29 is 9.13 Å². The van der Waals surface area contributed by atoms with Crippen molar-refractivity contribution in [3.8, 4) is 5.75 Å². The van der Waals surface area contributed by atoms with Gasteiger partial charge in [-0.1, -0.05) is 31.2 Å². The summed E-state index contributed by atoms with van der Waals surface area (Å²) in [5.74, 6) is 0.526. The van der Waals surface area contributed by atoms with Crippen molar-refractivity contribution in [2.45, 2.75) is 26.3 Å². The molecule has 0 fully saturated rings. The molecule has 1 atom stereocenters. The average Bonchev–Trinajstić information content (AvgIpc) is 2.66.